The van der Waals surface area contributed by atoms with Crippen LogP contribution in [-0.2, 0) is 21.4 Å². The van der Waals surface area contributed by atoms with Crippen LogP contribution in [0, 0.1) is 0 Å². The van der Waals surface area contributed by atoms with Crippen molar-refractivity contribution in [3.63, 3.8) is 0 Å². The highest BCUT2D eigenvalue weighted by Crippen LogP contribution is 2.47. The van der Waals surface area contributed by atoms with Gasteiger partial charge in [0, 0.05) is 42.9 Å². The van der Waals surface area contributed by atoms with E-state index in [1.54, 1.807) is 12.1 Å². The number of ether oxygens (including phenoxy) is 2. The topological polar surface area (TPSA) is 116 Å². The number of nitrogens with two attached hydrogens (primary N) is 1. The molecule has 0 aliphatic carbocycles. The number of benzene rings is 2. The summed E-state index contributed by atoms with van der Waals surface area (Å²) in [6.07, 6.45) is 2.01. The van der Waals surface area contributed by atoms with E-state index >= 15 is 0 Å². The van der Waals surface area contributed by atoms with Crippen molar-refractivity contribution in [2.45, 2.75) is 12.8 Å². The van der Waals surface area contributed by atoms with Gasteiger partial charge in [0.05, 0.1) is 24.7 Å². The van der Waals surface area contributed by atoms with Crippen molar-refractivity contribution < 1.29 is 23.9 Å². The van der Waals surface area contributed by atoms with Crippen LogP contribution in [0.2, 0.25) is 0 Å². The molecule has 34 heavy (non-hydrogen) atoms. The van der Waals surface area contributed by atoms with Crippen molar-refractivity contribution in [1.82, 2.24) is 9.47 Å². The van der Waals surface area contributed by atoms with Gasteiger partial charge in [-0.3, -0.25) is 19.3 Å². The molecular formula is C25H24N4O5. The summed E-state index contributed by atoms with van der Waals surface area (Å²) in [5, 5.41) is 4.43. The molecular weight excluding hydrogens is 436 g/mol. The molecule has 0 bridgehead atoms. The highest BCUT2D eigenvalue weighted by molar-refractivity contribution is 6.11. The predicted molar refractivity (Wildman–Crippen MR) is 125 cm³/mol. The van der Waals surface area contributed by atoms with E-state index in [0.717, 1.165) is 27.7 Å². The number of carbonyl (C=O) groups excluding carboxylic acids is 3. The van der Waals surface area contributed by atoms with Crippen molar-refractivity contribution in [2.24, 2.45) is 12.8 Å². The SMILES string of the molecule is COc1ccc([C@@H]2C3=C(CN(C(C)=O)C3=O)Nc3cccc4c3c2cn4C)cc1OCC(N)=O. The number of aryl methyl sites for hydroxylation is 1. The molecule has 9 nitrogen and oxygen atoms in total. The van der Waals surface area contributed by atoms with Crippen LogP contribution in [0.25, 0.3) is 10.9 Å². The van der Waals surface area contributed by atoms with Gasteiger partial charge in [-0.05, 0) is 35.4 Å². The zero-order valence-corrected chi connectivity index (χ0v) is 19.0. The van der Waals surface area contributed by atoms with Gasteiger partial charge in [0.2, 0.25) is 5.91 Å². The highest BCUT2D eigenvalue weighted by atomic mass is 16.5. The van der Waals surface area contributed by atoms with Gasteiger partial charge in [-0.15, -0.1) is 0 Å². The standard InChI is InChI=1S/C25H24N4O5/c1-13(30)29-11-17-24(25(29)32)22(14-7-8-19(33-3)20(9-14)34-12-21(26)31)15-10-28(2)18-6-4-5-16(27-17)23(15)18/h4-10,22,27H,11-12H2,1-3H3,(H2,26,31)/t22-/m0/s1. The van der Waals surface area contributed by atoms with Gasteiger partial charge in [0.25, 0.3) is 11.8 Å². The number of anilines is 1. The Labute approximate surface area is 195 Å². The summed E-state index contributed by atoms with van der Waals surface area (Å²) >= 11 is 0. The molecule has 0 saturated carbocycles. The first-order valence-electron chi connectivity index (χ1n) is 10.8. The Morgan fingerprint density at radius 2 is 2.00 bits per heavy atom. The van der Waals surface area contributed by atoms with Crippen molar-refractivity contribution in [3.05, 3.63) is 65.0 Å². The first-order valence-corrected chi connectivity index (χ1v) is 10.8. The maximum absolute atomic E-state index is 13.5. The maximum atomic E-state index is 13.5. The van der Waals surface area contributed by atoms with E-state index in [2.05, 4.69) is 5.32 Å². The third kappa shape index (κ3) is 3.28. The number of hydrogen-bond donors (Lipinski definition) is 2. The van der Waals surface area contributed by atoms with Crippen molar-refractivity contribution in [1.29, 1.82) is 0 Å². The average molecular weight is 460 g/mol. The fraction of sp³-hybridized carbons (Fsp3) is 0.240. The molecule has 5 rings (SSSR count). The first-order chi connectivity index (χ1) is 16.3. The number of hydrogen-bond acceptors (Lipinski definition) is 6. The average Bonchev–Trinajstić information content (AvgIpc) is 3.26. The second-order valence-corrected chi connectivity index (χ2v) is 8.42. The number of nitrogens with one attached hydrogen (secondary N) is 1. The molecule has 2 aliphatic rings. The molecule has 0 unspecified atom stereocenters. The summed E-state index contributed by atoms with van der Waals surface area (Å²) in [5.74, 6) is -0.961. The number of methoxy groups -OCH3 is 1. The fourth-order valence-corrected chi connectivity index (χ4v) is 4.85. The van der Waals surface area contributed by atoms with E-state index in [4.69, 9.17) is 15.2 Å². The van der Waals surface area contributed by atoms with Gasteiger partial charge >= 0.3 is 0 Å². The zero-order valence-electron chi connectivity index (χ0n) is 19.0. The van der Waals surface area contributed by atoms with Crippen LogP contribution in [-0.4, -0.2) is 47.4 Å². The largest absolute Gasteiger partial charge is 0.493 e. The molecule has 3 amide bonds. The normalized spacial score (nSPS) is 16.9. The lowest BCUT2D eigenvalue weighted by molar-refractivity contribution is -0.139. The van der Waals surface area contributed by atoms with E-state index < -0.39 is 11.8 Å². The number of amides is 3. The second-order valence-electron chi connectivity index (χ2n) is 8.42. The molecule has 0 fully saturated rings. The van der Waals surface area contributed by atoms with Gasteiger partial charge in [-0.25, -0.2) is 0 Å². The van der Waals surface area contributed by atoms with Gasteiger partial charge in [0.15, 0.2) is 18.1 Å². The Hall–Kier alpha value is -4.27. The van der Waals surface area contributed by atoms with E-state index in [-0.39, 0.29) is 25.0 Å². The van der Waals surface area contributed by atoms with Gasteiger partial charge in [-0.2, -0.15) is 0 Å². The van der Waals surface area contributed by atoms with Crippen LogP contribution in [0.4, 0.5) is 5.69 Å². The van der Waals surface area contributed by atoms with Crippen LogP contribution in [0.15, 0.2) is 53.9 Å². The van der Waals surface area contributed by atoms with Crippen molar-refractivity contribution in [2.75, 3.05) is 25.6 Å². The lowest BCUT2D eigenvalue weighted by atomic mass is 9.84. The van der Waals surface area contributed by atoms with Crippen molar-refractivity contribution >= 4 is 34.3 Å². The number of primary amides is 1. The minimum Gasteiger partial charge on any atom is -0.493 e. The molecule has 0 radical (unpaired) electrons. The van der Waals surface area contributed by atoms with Crippen LogP contribution >= 0.6 is 0 Å². The molecule has 174 valence electrons. The summed E-state index contributed by atoms with van der Waals surface area (Å²) in [6, 6.07) is 11.3. The van der Waals surface area contributed by atoms with Crippen LogP contribution < -0.4 is 20.5 Å². The third-order valence-electron chi connectivity index (χ3n) is 6.32. The third-order valence-corrected chi connectivity index (χ3v) is 6.32. The monoisotopic (exact) mass is 460 g/mol. The number of imide groups is 1. The van der Waals surface area contributed by atoms with Crippen LogP contribution in [0.5, 0.6) is 11.5 Å². The quantitative estimate of drug-likeness (QED) is 0.603. The molecule has 3 N–H and O–H groups in total. The molecule has 0 spiro atoms. The van der Waals surface area contributed by atoms with Crippen molar-refractivity contribution in [3.8, 4) is 11.5 Å². The number of nitrogens with zero attached hydrogens (tertiary/aromatic N) is 2. The fourth-order valence-electron chi connectivity index (χ4n) is 4.85. The Kier molecular flexibility index (Phi) is 5.04. The molecule has 3 heterocycles. The van der Waals surface area contributed by atoms with E-state index in [9.17, 15) is 14.4 Å². The molecule has 9 heteroatoms. The molecule has 1 atom stereocenters. The van der Waals surface area contributed by atoms with E-state index in [1.165, 1.54) is 18.9 Å². The Bertz CT molecular complexity index is 1400. The number of aromatic nitrogens is 1. The molecule has 3 aromatic rings. The molecule has 2 aliphatic heterocycles. The highest BCUT2D eigenvalue weighted by Gasteiger charge is 2.41. The van der Waals surface area contributed by atoms with Crippen LogP contribution in [0.1, 0.15) is 24.0 Å². The maximum Gasteiger partial charge on any atom is 0.259 e. The Morgan fingerprint density at radius 3 is 2.71 bits per heavy atom. The number of rotatable bonds is 5. The summed E-state index contributed by atoms with van der Waals surface area (Å²) in [5.41, 5.74) is 10.0. The molecule has 0 saturated heterocycles. The lowest BCUT2D eigenvalue weighted by Gasteiger charge is -2.21. The second kappa shape index (κ2) is 7.95. The predicted octanol–water partition coefficient (Wildman–Crippen LogP) is 2.25. The zero-order chi connectivity index (χ0) is 24.1. The summed E-state index contributed by atoms with van der Waals surface area (Å²) in [6.45, 7) is 1.25. The summed E-state index contributed by atoms with van der Waals surface area (Å²) in [7, 11) is 3.46. The number of carbonyl (C=O) groups is 3. The van der Waals surface area contributed by atoms with Crippen LogP contribution in [0.3, 0.4) is 0 Å². The van der Waals surface area contributed by atoms with Gasteiger partial charge in [0.1, 0.15) is 0 Å². The van der Waals surface area contributed by atoms with E-state index in [1.807, 2.05) is 42.1 Å². The van der Waals surface area contributed by atoms with Gasteiger partial charge in [-0.1, -0.05) is 12.1 Å². The smallest absolute Gasteiger partial charge is 0.259 e. The molecule has 2 aromatic carbocycles. The van der Waals surface area contributed by atoms with Gasteiger partial charge < -0.3 is 25.1 Å². The Morgan fingerprint density at radius 1 is 1.21 bits per heavy atom. The van der Waals surface area contributed by atoms with E-state index in [0.29, 0.717) is 22.8 Å². The lowest BCUT2D eigenvalue weighted by Crippen LogP contribution is -2.33. The minimum absolute atomic E-state index is 0.175. The Balaban J connectivity index is 1.74. The molecule has 1 aromatic heterocycles. The summed E-state index contributed by atoms with van der Waals surface area (Å²) < 4.78 is 13.0. The minimum atomic E-state index is -0.613. The first kappa shape index (κ1) is 21.6. The summed E-state index contributed by atoms with van der Waals surface area (Å²) in [4.78, 5) is 38.3.